The number of benzene rings is 2. The van der Waals surface area contributed by atoms with E-state index in [2.05, 4.69) is 5.32 Å². The molecule has 2 aromatic carbocycles. The van der Waals surface area contributed by atoms with Crippen molar-refractivity contribution >= 4 is 23.3 Å². The Bertz CT molecular complexity index is 850. The standard InChI is InChI=1S/C19H19N3O4/c1-13-2-4-14(5-3-13)20-18(23)11-21-8-9-22(19(21)24)15-6-7-16-17(10-15)26-12-25-16/h2-7,10H,8-9,11-12H2,1H3,(H,20,23). The minimum absolute atomic E-state index is 0.0216. The molecule has 2 aliphatic rings. The number of carbonyl (C=O) groups is 2. The van der Waals surface area contributed by atoms with Crippen molar-refractivity contribution < 1.29 is 19.1 Å². The first-order valence-electron chi connectivity index (χ1n) is 8.43. The van der Waals surface area contributed by atoms with E-state index < -0.39 is 0 Å². The van der Waals surface area contributed by atoms with Crippen LogP contribution in [0.4, 0.5) is 16.2 Å². The molecule has 26 heavy (non-hydrogen) atoms. The van der Waals surface area contributed by atoms with Crippen LogP contribution < -0.4 is 19.7 Å². The van der Waals surface area contributed by atoms with Crippen LogP contribution in [0.1, 0.15) is 5.56 Å². The molecule has 0 aromatic heterocycles. The highest BCUT2D eigenvalue weighted by atomic mass is 16.7. The number of nitrogens with zero attached hydrogens (tertiary/aromatic N) is 2. The largest absolute Gasteiger partial charge is 0.454 e. The van der Waals surface area contributed by atoms with Gasteiger partial charge >= 0.3 is 6.03 Å². The predicted octanol–water partition coefficient (Wildman–Crippen LogP) is 2.60. The highest BCUT2D eigenvalue weighted by molar-refractivity contribution is 5.99. The van der Waals surface area contributed by atoms with Crippen molar-refractivity contribution in [1.82, 2.24) is 4.90 Å². The Balaban J connectivity index is 1.39. The van der Waals surface area contributed by atoms with Crippen LogP contribution in [0.25, 0.3) is 0 Å². The van der Waals surface area contributed by atoms with Gasteiger partial charge in [0.1, 0.15) is 6.54 Å². The van der Waals surface area contributed by atoms with Crippen LogP contribution in [-0.2, 0) is 4.79 Å². The highest BCUT2D eigenvalue weighted by Gasteiger charge is 2.31. The molecule has 0 bridgehead atoms. The van der Waals surface area contributed by atoms with E-state index in [9.17, 15) is 9.59 Å². The van der Waals surface area contributed by atoms with Crippen LogP contribution >= 0.6 is 0 Å². The van der Waals surface area contributed by atoms with Crippen LogP contribution in [-0.4, -0.2) is 43.3 Å². The fourth-order valence-corrected chi connectivity index (χ4v) is 3.03. The van der Waals surface area contributed by atoms with Crippen LogP contribution in [0.2, 0.25) is 0 Å². The maximum absolute atomic E-state index is 12.6. The molecule has 0 unspecified atom stereocenters. The van der Waals surface area contributed by atoms with Crippen molar-refractivity contribution in [3.05, 3.63) is 48.0 Å². The van der Waals surface area contributed by atoms with Crippen LogP contribution in [0.15, 0.2) is 42.5 Å². The smallest absolute Gasteiger partial charge is 0.325 e. The quantitative estimate of drug-likeness (QED) is 0.917. The van der Waals surface area contributed by atoms with Gasteiger partial charge in [-0.3, -0.25) is 9.69 Å². The van der Waals surface area contributed by atoms with Gasteiger partial charge in [-0.1, -0.05) is 17.7 Å². The van der Waals surface area contributed by atoms with Crippen molar-refractivity contribution in [1.29, 1.82) is 0 Å². The average Bonchev–Trinajstić information content (AvgIpc) is 3.23. The van der Waals surface area contributed by atoms with Crippen molar-refractivity contribution in [2.24, 2.45) is 0 Å². The zero-order valence-corrected chi connectivity index (χ0v) is 14.4. The normalized spacial score (nSPS) is 15.5. The molecule has 1 N–H and O–H groups in total. The number of anilines is 2. The highest BCUT2D eigenvalue weighted by Crippen LogP contribution is 2.36. The maximum atomic E-state index is 12.6. The summed E-state index contributed by atoms with van der Waals surface area (Å²) in [6.45, 7) is 3.22. The number of urea groups is 1. The van der Waals surface area contributed by atoms with Gasteiger partial charge in [0, 0.05) is 30.5 Å². The first kappa shape index (κ1) is 16.3. The molecule has 0 radical (unpaired) electrons. The van der Waals surface area contributed by atoms with E-state index in [-0.39, 0.29) is 25.3 Å². The molecule has 0 saturated carbocycles. The summed E-state index contributed by atoms with van der Waals surface area (Å²) >= 11 is 0. The summed E-state index contributed by atoms with van der Waals surface area (Å²) in [5, 5.41) is 2.82. The fraction of sp³-hybridized carbons (Fsp3) is 0.263. The Labute approximate surface area is 151 Å². The number of rotatable bonds is 4. The second-order valence-electron chi connectivity index (χ2n) is 6.31. The van der Waals surface area contributed by atoms with Gasteiger partial charge in [-0.05, 0) is 31.2 Å². The van der Waals surface area contributed by atoms with Crippen LogP contribution in [0, 0.1) is 6.92 Å². The number of amides is 3. The number of aryl methyl sites for hydroxylation is 1. The first-order chi connectivity index (χ1) is 12.6. The van der Waals surface area contributed by atoms with E-state index in [1.54, 1.807) is 17.0 Å². The Hall–Kier alpha value is -3.22. The van der Waals surface area contributed by atoms with E-state index in [1.807, 2.05) is 37.3 Å². The Morgan fingerprint density at radius 2 is 1.85 bits per heavy atom. The number of carbonyl (C=O) groups excluding carboxylic acids is 2. The van der Waals surface area contributed by atoms with Crippen molar-refractivity contribution in [2.75, 3.05) is 36.6 Å². The lowest BCUT2D eigenvalue weighted by Crippen LogP contribution is -2.37. The van der Waals surface area contributed by atoms with E-state index in [4.69, 9.17) is 9.47 Å². The lowest BCUT2D eigenvalue weighted by atomic mass is 10.2. The number of hydrogen-bond acceptors (Lipinski definition) is 4. The molecule has 0 atom stereocenters. The first-order valence-corrected chi connectivity index (χ1v) is 8.43. The minimum atomic E-state index is -0.213. The molecular weight excluding hydrogens is 334 g/mol. The number of hydrogen-bond donors (Lipinski definition) is 1. The third-order valence-corrected chi connectivity index (χ3v) is 4.43. The molecular formula is C19H19N3O4. The molecule has 2 aliphatic heterocycles. The van der Waals surface area contributed by atoms with Gasteiger partial charge in [0.15, 0.2) is 11.5 Å². The summed E-state index contributed by atoms with van der Waals surface area (Å²) in [5.74, 6) is 1.09. The van der Waals surface area contributed by atoms with Gasteiger partial charge in [-0.25, -0.2) is 4.79 Å². The number of nitrogens with one attached hydrogen (secondary N) is 1. The molecule has 7 nitrogen and oxygen atoms in total. The van der Waals surface area contributed by atoms with Crippen molar-refractivity contribution in [2.45, 2.75) is 6.92 Å². The van der Waals surface area contributed by atoms with Gasteiger partial charge in [0.2, 0.25) is 12.7 Å². The molecule has 1 fully saturated rings. The zero-order chi connectivity index (χ0) is 18.1. The minimum Gasteiger partial charge on any atom is -0.454 e. The number of ether oxygens (including phenoxy) is 2. The molecule has 1 saturated heterocycles. The lowest BCUT2D eigenvalue weighted by molar-refractivity contribution is -0.116. The van der Waals surface area contributed by atoms with Gasteiger partial charge in [-0.2, -0.15) is 0 Å². The lowest BCUT2D eigenvalue weighted by Gasteiger charge is -2.18. The summed E-state index contributed by atoms with van der Waals surface area (Å²) in [6, 6.07) is 12.8. The summed E-state index contributed by atoms with van der Waals surface area (Å²) < 4.78 is 10.7. The van der Waals surface area contributed by atoms with E-state index in [0.717, 1.165) is 16.9 Å². The second kappa shape index (κ2) is 6.59. The topological polar surface area (TPSA) is 71.1 Å². The molecule has 2 heterocycles. The number of fused-ring (bicyclic) bond motifs is 1. The fourth-order valence-electron chi connectivity index (χ4n) is 3.03. The van der Waals surface area contributed by atoms with E-state index in [1.165, 1.54) is 4.90 Å². The van der Waals surface area contributed by atoms with Gasteiger partial charge in [0.25, 0.3) is 0 Å². The van der Waals surface area contributed by atoms with Crippen molar-refractivity contribution in [3.8, 4) is 11.5 Å². The van der Waals surface area contributed by atoms with Gasteiger partial charge in [0.05, 0.1) is 0 Å². The average molecular weight is 353 g/mol. The van der Waals surface area contributed by atoms with E-state index in [0.29, 0.717) is 24.6 Å². The molecule has 2 aromatic rings. The SMILES string of the molecule is Cc1ccc(NC(=O)CN2CCN(c3ccc4c(c3)OCO4)C2=O)cc1. The molecule has 0 spiro atoms. The molecule has 4 rings (SSSR count). The third-order valence-electron chi connectivity index (χ3n) is 4.43. The van der Waals surface area contributed by atoms with Crippen molar-refractivity contribution in [3.63, 3.8) is 0 Å². The molecule has 7 heteroatoms. The Morgan fingerprint density at radius 3 is 2.65 bits per heavy atom. The maximum Gasteiger partial charge on any atom is 0.325 e. The Kier molecular flexibility index (Phi) is 4.12. The van der Waals surface area contributed by atoms with Crippen LogP contribution in [0.5, 0.6) is 11.5 Å². The summed E-state index contributed by atoms with van der Waals surface area (Å²) in [6.07, 6.45) is 0. The summed E-state index contributed by atoms with van der Waals surface area (Å²) in [4.78, 5) is 28.0. The Morgan fingerprint density at radius 1 is 1.08 bits per heavy atom. The zero-order valence-electron chi connectivity index (χ0n) is 14.4. The summed E-state index contributed by atoms with van der Waals surface area (Å²) in [7, 11) is 0. The van der Waals surface area contributed by atoms with Gasteiger partial charge in [-0.15, -0.1) is 0 Å². The van der Waals surface area contributed by atoms with Crippen LogP contribution in [0.3, 0.4) is 0 Å². The molecule has 3 amide bonds. The predicted molar refractivity (Wildman–Crippen MR) is 96.7 cm³/mol. The monoisotopic (exact) mass is 353 g/mol. The van der Waals surface area contributed by atoms with Gasteiger partial charge < -0.3 is 19.7 Å². The van der Waals surface area contributed by atoms with E-state index >= 15 is 0 Å². The third kappa shape index (κ3) is 3.15. The summed E-state index contributed by atoms with van der Waals surface area (Å²) in [5.41, 5.74) is 2.58. The second-order valence-corrected chi connectivity index (χ2v) is 6.31. The molecule has 0 aliphatic carbocycles. The molecule has 134 valence electrons.